The zero-order valence-corrected chi connectivity index (χ0v) is 12.7. The number of fused-ring (bicyclic) bond motifs is 1. The molecule has 3 aromatic rings. The predicted octanol–water partition coefficient (Wildman–Crippen LogP) is 2.63. The molecular weight excluding hydrogens is 295 g/mol. The zero-order chi connectivity index (χ0) is 16.0. The van der Waals surface area contributed by atoms with E-state index in [-0.39, 0.29) is 11.4 Å². The molecule has 0 amide bonds. The normalized spacial score (nSPS) is 13.3. The van der Waals surface area contributed by atoms with Crippen LogP contribution in [-0.2, 0) is 13.1 Å². The van der Waals surface area contributed by atoms with E-state index in [4.69, 9.17) is 0 Å². The lowest BCUT2D eigenvalue weighted by atomic mass is 10.0. The summed E-state index contributed by atoms with van der Waals surface area (Å²) in [7, 11) is 0. The standard InChI is InChI=1S/C17H15FN4O/c1-11-19-8-7-14(20-11)16-15(12-3-5-13(18)6-4-12)17(23)22-10-2-9-21(16)22/h3-8H,2,9-10H2,1H3. The van der Waals surface area contributed by atoms with Crippen LogP contribution in [0.15, 0.2) is 41.3 Å². The van der Waals surface area contributed by atoms with Crippen molar-refractivity contribution >= 4 is 0 Å². The summed E-state index contributed by atoms with van der Waals surface area (Å²) in [6.07, 6.45) is 2.62. The third kappa shape index (κ3) is 2.18. The Bertz CT molecular complexity index is 940. The molecule has 1 aliphatic rings. The number of benzene rings is 1. The Morgan fingerprint density at radius 1 is 1.09 bits per heavy atom. The summed E-state index contributed by atoms with van der Waals surface area (Å²) < 4.78 is 16.9. The Kier molecular flexibility index (Phi) is 3.11. The van der Waals surface area contributed by atoms with E-state index in [0.717, 1.165) is 24.4 Å². The fourth-order valence-corrected chi connectivity index (χ4v) is 3.14. The minimum absolute atomic E-state index is 0.0552. The summed E-state index contributed by atoms with van der Waals surface area (Å²) in [5.74, 6) is 0.332. The van der Waals surface area contributed by atoms with Gasteiger partial charge in [0.1, 0.15) is 11.6 Å². The molecule has 1 aromatic carbocycles. The molecule has 0 radical (unpaired) electrons. The Morgan fingerprint density at radius 2 is 1.83 bits per heavy atom. The number of aryl methyl sites for hydroxylation is 1. The number of hydrogen-bond acceptors (Lipinski definition) is 3. The number of rotatable bonds is 2. The minimum atomic E-state index is -0.319. The van der Waals surface area contributed by atoms with Gasteiger partial charge in [-0.25, -0.2) is 19.0 Å². The molecule has 1 aliphatic heterocycles. The van der Waals surface area contributed by atoms with Crippen LogP contribution >= 0.6 is 0 Å². The van der Waals surface area contributed by atoms with Crippen molar-refractivity contribution in [2.24, 2.45) is 0 Å². The molecule has 3 heterocycles. The van der Waals surface area contributed by atoms with Crippen LogP contribution < -0.4 is 5.56 Å². The molecular formula is C17H15FN4O. The Balaban J connectivity index is 2.03. The molecule has 0 N–H and O–H groups in total. The maximum absolute atomic E-state index is 13.2. The molecule has 23 heavy (non-hydrogen) atoms. The van der Waals surface area contributed by atoms with Crippen molar-refractivity contribution in [1.29, 1.82) is 0 Å². The van der Waals surface area contributed by atoms with E-state index in [1.165, 1.54) is 12.1 Å². The van der Waals surface area contributed by atoms with Crippen molar-refractivity contribution < 1.29 is 4.39 Å². The van der Waals surface area contributed by atoms with Gasteiger partial charge in [-0.3, -0.25) is 9.48 Å². The van der Waals surface area contributed by atoms with Gasteiger partial charge in [-0.15, -0.1) is 0 Å². The fourth-order valence-electron chi connectivity index (χ4n) is 3.14. The van der Waals surface area contributed by atoms with Crippen LogP contribution in [-0.4, -0.2) is 19.3 Å². The van der Waals surface area contributed by atoms with Crippen molar-refractivity contribution in [2.45, 2.75) is 26.4 Å². The average molecular weight is 310 g/mol. The third-order valence-corrected chi connectivity index (χ3v) is 4.13. The first-order valence-corrected chi connectivity index (χ1v) is 7.55. The van der Waals surface area contributed by atoms with E-state index in [9.17, 15) is 9.18 Å². The lowest BCUT2D eigenvalue weighted by Gasteiger charge is -2.08. The maximum Gasteiger partial charge on any atom is 0.275 e. The topological polar surface area (TPSA) is 52.7 Å². The molecule has 0 fully saturated rings. The summed E-state index contributed by atoms with van der Waals surface area (Å²) in [5.41, 5.74) is 2.72. The monoisotopic (exact) mass is 310 g/mol. The Morgan fingerprint density at radius 3 is 2.57 bits per heavy atom. The Hall–Kier alpha value is -2.76. The molecule has 6 heteroatoms. The molecule has 0 saturated carbocycles. The van der Waals surface area contributed by atoms with Gasteiger partial charge in [-0.2, -0.15) is 0 Å². The van der Waals surface area contributed by atoms with Crippen molar-refractivity contribution in [3.63, 3.8) is 0 Å². The molecule has 0 unspecified atom stereocenters. The number of halogens is 1. The summed E-state index contributed by atoms with van der Waals surface area (Å²) in [4.78, 5) is 21.4. The van der Waals surface area contributed by atoms with E-state index in [2.05, 4.69) is 9.97 Å². The molecule has 4 rings (SSSR count). The quantitative estimate of drug-likeness (QED) is 0.731. The second kappa shape index (κ2) is 5.15. The van der Waals surface area contributed by atoms with Gasteiger partial charge in [0.2, 0.25) is 0 Å². The molecule has 0 aliphatic carbocycles. The predicted molar refractivity (Wildman–Crippen MR) is 84.5 cm³/mol. The minimum Gasteiger partial charge on any atom is -0.280 e. The van der Waals surface area contributed by atoms with Crippen LogP contribution in [0.4, 0.5) is 4.39 Å². The summed E-state index contributed by atoms with van der Waals surface area (Å²) >= 11 is 0. The van der Waals surface area contributed by atoms with Crippen LogP contribution in [0.1, 0.15) is 12.2 Å². The number of hydrogen-bond donors (Lipinski definition) is 0. The highest BCUT2D eigenvalue weighted by molar-refractivity contribution is 5.79. The van der Waals surface area contributed by atoms with E-state index >= 15 is 0 Å². The van der Waals surface area contributed by atoms with E-state index in [0.29, 0.717) is 23.5 Å². The van der Waals surface area contributed by atoms with Crippen LogP contribution in [0.25, 0.3) is 22.5 Å². The van der Waals surface area contributed by atoms with Crippen molar-refractivity contribution in [3.05, 3.63) is 58.5 Å². The lowest BCUT2D eigenvalue weighted by molar-refractivity contribution is 0.598. The van der Waals surface area contributed by atoms with E-state index in [1.807, 2.05) is 11.6 Å². The van der Waals surface area contributed by atoms with Crippen molar-refractivity contribution in [1.82, 2.24) is 19.3 Å². The van der Waals surface area contributed by atoms with Gasteiger partial charge < -0.3 is 0 Å². The highest BCUT2D eigenvalue weighted by Gasteiger charge is 2.26. The lowest BCUT2D eigenvalue weighted by Crippen LogP contribution is -2.17. The SMILES string of the molecule is Cc1nccc(-c2c(-c3ccc(F)cc3)c(=O)n3n2CCC3)n1. The summed E-state index contributed by atoms with van der Waals surface area (Å²) in [6, 6.07) is 7.83. The molecule has 0 bridgehead atoms. The first-order chi connectivity index (χ1) is 11.1. The average Bonchev–Trinajstić information content (AvgIpc) is 3.11. The fraction of sp³-hybridized carbons (Fsp3) is 0.235. The molecule has 0 spiro atoms. The molecule has 0 saturated heterocycles. The molecule has 2 aromatic heterocycles. The van der Waals surface area contributed by atoms with Crippen LogP contribution in [0.5, 0.6) is 0 Å². The second-order valence-electron chi connectivity index (χ2n) is 5.62. The first kappa shape index (κ1) is 13.9. The van der Waals surface area contributed by atoms with Crippen LogP contribution in [0.2, 0.25) is 0 Å². The Labute approximate surface area is 132 Å². The van der Waals surface area contributed by atoms with Gasteiger partial charge in [0.05, 0.1) is 17.0 Å². The summed E-state index contributed by atoms with van der Waals surface area (Å²) in [6.45, 7) is 3.28. The maximum atomic E-state index is 13.2. The van der Waals surface area contributed by atoms with Gasteiger partial charge in [0.25, 0.3) is 5.56 Å². The van der Waals surface area contributed by atoms with Crippen molar-refractivity contribution in [3.8, 4) is 22.5 Å². The van der Waals surface area contributed by atoms with Gasteiger partial charge in [-0.1, -0.05) is 12.1 Å². The zero-order valence-electron chi connectivity index (χ0n) is 12.7. The number of nitrogens with zero attached hydrogens (tertiary/aromatic N) is 4. The molecule has 5 nitrogen and oxygen atoms in total. The second-order valence-corrected chi connectivity index (χ2v) is 5.62. The van der Waals surface area contributed by atoms with Gasteiger partial charge in [0, 0.05) is 19.3 Å². The first-order valence-electron chi connectivity index (χ1n) is 7.55. The highest BCUT2D eigenvalue weighted by atomic mass is 19.1. The van der Waals surface area contributed by atoms with Gasteiger partial charge in [-0.05, 0) is 37.1 Å². The number of aromatic nitrogens is 4. The van der Waals surface area contributed by atoms with Gasteiger partial charge in [0.15, 0.2) is 0 Å². The van der Waals surface area contributed by atoms with E-state index in [1.54, 1.807) is 29.1 Å². The third-order valence-electron chi connectivity index (χ3n) is 4.13. The van der Waals surface area contributed by atoms with Crippen LogP contribution in [0, 0.1) is 12.7 Å². The van der Waals surface area contributed by atoms with Crippen LogP contribution in [0.3, 0.4) is 0 Å². The molecule has 116 valence electrons. The smallest absolute Gasteiger partial charge is 0.275 e. The molecule has 0 atom stereocenters. The van der Waals surface area contributed by atoms with Gasteiger partial charge >= 0.3 is 0 Å². The van der Waals surface area contributed by atoms with E-state index < -0.39 is 0 Å². The summed E-state index contributed by atoms with van der Waals surface area (Å²) in [5, 5.41) is 0. The highest BCUT2D eigenvalue weighted by Crippen LogP contribution is 2.31. The largest absolute Gasteiger partial charge is 0.280 e. The van der Waals surface area contributed by atoms with Crippen molar-refractivity contribution in [2.75, 3.05) is 0 Å².